The number of benzene rings is 1. The molecular weight excluding hydrogens is 460 g/mol. The van der Waals surface area contributed by atoms with Crippen LogP contribution in [0.1, 0.15) is 11.3 Å². The maximum atomic E-state index is 13.7. The highest BCUT2D eigenvalue weighted by atomic mass is 19.4. The number of halogens is 6. The van der Waals surface area contributed by atoms with Crippen molar-refractivity contribution in [2.45, 2.75) is 25.3 Å². The molecule has 2 aromatic rings. The third-order valence-corrected chi connectivity index (χ3v) is 4.72. The molecule has 0 atom stereocenters. The van der Waals surface area contributed by atoms with Crippen LogP contribution in [-0.2, 0) is 22.7 Å². The van der Waals surface area contributed by atoms with Crippen LogP contribution in [0.2, 0.25) is 0 Å². The summed E-state index contributed by atoms with van der Waals surface area (Å²) >= 11 is 0. The van der Waals surface area contributed by atoms with Gasteiger partial charge in [-0.15, -0.1) is 0 Å². The number of hydrogen-bond acceptors (Lipinski definition) is 6. The predicted molar refractivity (Wildman–Crippen MR) is 101 cm³/mol. The lowest BCUT2D eigenvalue weighted by atomic mass is 10.1. The van der Waals surface area contributed by atoms with Gasteiger partial charge in [-0.25, -0.2) is 4.39 Å². The number of alkyl halides is 5. The first-order valence-corrected chi connectivity index (χ1v) is 9.30. The highest BCUT2D eigenvalue weighted by Crippen LogP contribution is 2.37. The molecule has 2 heterocycles. The number of allylic oxidation sites excluding steroid dienone is 2. The standard InChI is InChI=1S/C20H17F6N3O4/c21-13-4-1-11(2-5-13)17-14(15(8-30)33-28-17)9-32-16-6-3-12(18(27)31)7-29(16)10-19(22,23)20(24,25)26/h1-6,30H,7-10H2,(H2,27,31). The Balaban J connectivity index is 1.88. The van der Waals surface area contributed by atoms with E-state index in [1.807, 2.05) is 0 Å². The Kier molecular flexibility index (Phi) is 6.72. The fraction of sp³-hybridized carbons (Fsp3) is 0.300. The van der Waals surface area contributed by atoms with E-state index in [2.05, 4.69) is 5.16 Å². The fourth-order valence-electron chi connectivity index (χ4n) is 2.97. The second-order valence-electron chi connectivity index (χ2n) is 7.01. The van der Waals surface area contributed by atoms with Crippen LogP contribution < -0.4 is 5.73 Å². The number of aliphatic hydroxyl groups excluding tert-OH is 1. The van der Waals surface area contributed by atoms with Gasteiger partial charge in [-0.3, -0.25) is 4.79 Å². The number of carbonyl (C=O) groups is 1. The lowest BCUT2D eigenvalue weighted by Crippen LogP contribution is -2.48. The lowest BCUT2D eigenvalue weighted by molar-refractivity contribution is -0.286. The van der Waals surface area contributed by atoms with Crippen LogP contribution in [0.5, 0.6) is 0 Å². The third-order valence-electron chi connectivity index (χ3n) is 4.72. The molecule has 1 aliphatic rings. The Bertz CT molecular complexity index is 1080. The van der Waals surface area contributed by atoms with Gasteiger partial charge in [0, 0.05) is 11.1 Å². The second-order valence-corrected chi connectivity index (χ2v) is 7.01. The van der Waals surface area contributed by atoms with Gasteiger partial charge in [0.15, 0.2) is 11.6 Å². The van der Waals surface area contributed by atoms with E-state index in [1.54, 1.807) is 0 Å². The van der Waals surface area contributed by atoms with E-state index < -0.39 is 56.0 Å². The first kappa shape index (κ1) is 24.2. The average molecular weight is 477 g/mol. The minimum atomic E-state index is -5.83. The zero-order valence-corrected chi connectivity index (χ0v) is 16.7. The molecule has 1 aromatic heterocycles. The van der Waals surface area contributed by atoms with Crippen molar-refractivity contribution in [1.82, 2.24) is 10.1 Å². The SMILES string of the molecule is NC(=O)C1=CC=C(OCc2c(-c3ccc(F)cc3)noc2CO)N(CC(F)(F)C(F)(F)F)C1. The van der Waals surface area contributed by atoms with E-state index in [-0.39, 0.29) is 22.6 Å². The highest BCUT2D eigenvalue weighted by Gasteiger charge is 2.58. The quantitative estimate of drug-likeness (QED) is 0.566. The average Bonchev–Trinajstić information content (AvgIpc) is 3.15. The molecule has 13 heteroatoms. The Labute approximate surface area is 182 Å². The minimum Gasteiger partial charge on any atom is -0.474 e. The summed E-state index contributed by atoms with van der Waals surface area (Å²) in [5.41, 5.74) is 5.61. The number of rotatable bonds is 8. The van der Waals surface area contributed by atoms with Crippen LogP contribution in [0.4, 0.5) is 26.3 Å². The summed E-state index contributed by atoms with van der Waals surface area (Å²) in [6.07, 6.45) is -3.67. The van der Waals surface area contributed by atoms with Gasteiger partial charge in [0.05, 0.1) is 18.7 Å². The Hall–Kier alpha value is -3.48. The number of nitrogens with two attached hydrogens (primary N) is 1. The first-order chi connectivity index (χ1) is 15.4. The van der Waals surface area contributed by atoms with E-state index >= 15 is 0 Å². The summed E-state index contributed by atoms with van der Waals surface area (Å²) in [6, 6.07) is 5.04. The number of hydrogen-bond donors (Lipinski definition) is 2. The van der Waals surface area contributed by atoms with Crippen molar-refractivity contribution >= 4 is 5.91 Å². The molecule has 3 N–H and O–H groups in total. The molecule has 33 heavy (non-hydrogen) atoms. The second kappa shape index (κ2) is 9.17. The molecule has 0 aliphatic carbocycles. The first-order valence-electron chi connectivity index (χ1n) is 9.30. The molecule has 0 radical (unpaired) electrons. The number of aromatic nitrogens is 1. The van der Waals surface area contributed by atoms with Gasteiger partial charge in [-0.05, 0) is 36.4 Å². The van der Waals surface area contributed by atoms with Crippen LogP contribution in [0, 0.1) is 5.82 Å². The number of ether oxygens (including phenoxy) is 1. The van der Waals surface area contributed by atoms with Crippen molar-refractivity contribution in [1.29, 1.82) is 0 Å². The maximum absolute atomic E-state index is 13.7. The molecule has 1 aromatic carbocycles. The van der Waals surface area contributed by atoms with Gasteiger partial charge in [-0.1, -0.05) is 5.16 Å². The molecule has 0 saturated carbocycles. The van der Waals surface area contributed by atoms with Gasteiger partial charge in [0.2, 0.25) is 5.91 Å². The van der Waals surface area contributed by atoms with Crippen molar-refractivity contribution in [2.75, 3.05) is 13.1 Å². The summed E-state index contributed by atoms with van der Waals surface area (Å²) in [5.74, 6) is -7.08. The van der Waals surface area contributed by atoms with Crippen molar-refractivity contribution in [3.8, 4) is 11.3 Å². The molecule has 0 unspecified atom stereocenters. The molecule has 0 fully saturated rings. The van der Waals surface area contributed by atoms with Crippen molar-refractivity contribution in [3.05, 3.63) is 65.0 Å². The number of amides is 1. The molecule has 0 saturated heterocycles. The van der Waals surface area contributed by atoms with E-state index in [0.29, 0.717) is 10.5 Å². The maximum Gasteiger partial charge on any atom is 0.455 e. The van der Waals surface area contributed by atoms with Gasteiger partial charge in [0.25, 0.3) is 0 Å². The van der Waals surface area contributed by atoms with E-state index in [4.69, 9.17) is 15.0 Å². The van der Waals surface area contributed by atoms with E-state index in [1.165, 1.54) is 12.1 Å². The van der Waals surface area contributed by atoms with Crippen LogP contribution in [-0.4, -0.2) is 46.3 Å². The molecule has 178 valence electrons. The van der Waals surface area contributed by atoms with Crippen LogP contribution in [0.15, 0.2) is 52.4 Å². The molecule has 3 rings (SSSR count). The van der Waals surface area contributed by atoms with Gasteiger partial charge in [-0.2, -0.15) is 22.0 Å². The topological polar surface area (TPSA) is 102 Å². The summed E-state index contributed by atoms with van der Waals surface area (Å²) in [6.45, 7) is -3.54. The van der Waals surface area contributed by atoms with Gasteiger partial charge in [0.1, 0.15) is 24.7 Å². The molecular formula is C20H17F6N3O4. The largest absolute Gasteiger partial charge is 0.474 e. The molecule has 0 bridgehead atoms. The predicted octanol–water partition coefficient (Wildman–Crippen LogP) is 3.26. The lowest BCUT2D eigenvalue weighted by Gasteiger charge is -2.33. The van der Waals surface area contributed by atoms with Crippen LogP contribution in [0.3, 0.4) is 0 Å². The minimum absolute atomic E-state index is 0.0497. The molecule has 0 spiro atoms. The Morgan fingerprint density at radius 1 is 1.18 bits per heavy atom. The van der Waals surface area contributed by atoms with Crippen LogP contribution in [0.25, 0.3) is 11.3 Å². The Morgan fingerprint density at radius 3 is 2.42 bits per heavy atom. The summed E-state index contributed by atoms with van der Waals surface area (Å²) < 4.78 is 89.3. The molecule has 7 nitrogen and oxygen atoms in total. The van der Waals surface area contributed by atoms with E-state index in [9.17, 15) is 36.2 Å². The summed E-state index contributed by atoms with van der Waals surface area (Å²) in [7, 11) is 0. The van der Waals surface area contributed by atoms with Crippen molar-refractivity contribution in [3.63, 3.8) is 0 Å². The van der Waals surface area contributed by atoms with Gasteiger partial charge >= 0.3 is 12.1 Å². The monoisotopic (exact) mass is 477 g/mol. The fourth-order valence-corrected chi connectivity index (χ4v) is 2.97. The molecule has 1 amide bonds. The normalized spacial score (nSPS) is 14.7. The zero-order chi connectivity index (χ0) is 24.4. The number of carbonyl (C=O) groups excluding carboxylic acids is 1. The number of primary amides is 1. The van der Waals surface area contributed by atoms with Crippen molar-refractivity contribution in [2.24, 2.45) is 5.73 Å². The van der Waals surface area contributed by atoms with E-state index in [0.717, 1.165) is 24.3 Å². The summed E-state index contributed by atoms with van der Waals surface area (Å²) in [5, 5.41) is 13.3. The third kappa shape index (κ3) is 5.30. The zero-order valence-electron chi connectivity index (χ0n) is 16.7. The van der Waals surface area contributed by atoms with Crippen molar-refractivity contribution < 1.29 is 45.5 Å². The molecule has 1 aliphatic heterocycles. The number of nitrogens with zero attached hydrogens (tertiary/aromatic N) is 2. The smallest absolute Gasteiger partial charge is 0.455 e. The number of aliphatic hydroxyl groups is 1. The van der Waals surface area contributed by atoms with Gasteiger partial charge < -0.3 is 25.0 Å². The summed E-state index contributed by atoms with van der Waals surface area (Å²) in [4.78, 5) is 11.9. The van der Waals surface area contributed by atoms with Crippen LogP contribution >= 0.6 is 0 Å². The highest BCUT2D eigenvalue weighted by molar-refractivity contribution is 5.93. The Morgan fingerprint density at radius 2 is 1.85 bits per heavy atom.